The van der Waals surface area contributed by atoms with E-state index in [1.165, 1.54) is 31.2 Å². The smallest absolute Gasteiger partial charge is 0.287 e. The highest BCUT2D eigenvalue weighted by molar-refractivity contribution is 5.91. The predicted molar refractivity (Wildman–Crippen MR) is 110 cm³/mol. The first-order valence-electron chi connectivity index (χ1n) is 10.6. The van der Waals surface area contributed by atoms with E-state index in [9.17, 15) is 4.79 Å². The van der Waals surface area contributed by atoms with Gasteiger partial charge in [-0.15, -0.1) is 0 Å². The highest BCUT2D eigenvalue weighted by Gasteiger charge is 2.21. The quantitative estimate of drug-likeness (QED) is 0.798. The maximum Gasteiger partial charge on any atom is 0.287 e. The molecule has 0 unspecified atom stereocenters. The fourth-order valence-corrected chi connectivity index (χ4v) is 4.42. The van der Waals surface area contributed by atoms with E-state index < -0.39 is 0 Å². The molecule has 5 nitrogen and oxygen atoms in total. The van der Waals surface area contributed by atoms with Gasteiger partial charge in [-0.3, -0.25) is 9.69 Å². The number of carbonyl (C=O) groups is 1. The highest BCUT2D eigenvalue weighted by atomic mass is 16.4. The van der Waals surface area contributed by atoms with Gasteiger partial charge < -0.3 is 14.6 Å². The minimum atomic E-state index is -0.107. The highest BCUT2D eigenvalue weighted by Crippen LogP contribution is 2.26. The van der Waals surface area contributed by atoms with Crippen LogP contribution in [0.3, 0.4) is 0 Å². The van der Waals surface area contributed by atoms with Gasteiger partial charge in [0.2, 0.25) is 0 Å². The van der Waals surface area contributed by atoms with Gasteiger partial charge in [-0.25, -0.2) is 0 Å². The zero-order valence-corrected chi connectivity index (χ0v) is 16.6. The topological polar surface area (TPSA) is 48.7 Å². The third kappa shape index (κ3) is 5.03. The van der Waals surface area contributed by atoms with Crippen LogP contribution in [0.2, 0.25) is 0 Å². The molecule has 2 aromatic rings. The molecule has 2 aliphatic heterocycles. The van der Waals surface area contributed by atoms with Gasteiger partial charge in [-0.1, -0.05) is 30.3 Å². The van der Waals surface area contributed by atoms with Crippen molar-refractivity contribution in [3.63, 3.8) is 0 Å². The Morgan fingerprint density at radius 2 is 1.79 bits per heavy atom. The number of nitrogens with one attached hydrogen (secondary N) is 1. The number of amides is 1. The number of nitrogens with zero attached hydrogens (tertiary/aromatic N) is 2. The minimum absolute atomic E-state index is 0.107. The molecule has 0 spiro atoms. The summed E-state index contributed by atoms with van der Waals surface area (Å²) < 4.78 is 5.76. The third-order valence-corrected chi connectivity index (χ3v) is 5.95. The number of furan rings is 1. The van der Waals surface area contributed by atoms with E-state index in [1.807, 2.05) is 6.07 Å². The first-order valence-corrected chi connectivity index (χ1v) is 10.6. The van der Waals surface area contributed by atoms with E-state index in [0.717, 1.165) is 45.0 Å². The van der Waals surface area contributed by atoms with Gasteiger partial charge in [0.1, 0.15) is 5.76 Å². The summed E-state index contributed by atoms with van der Waals surface area (Å²) in [4.78, 5) is 17.2. The van der Waals surface area contributed by atoms with Gasteiger partial charge in [-0.2, -0.15) is 0 Å². The number of piperidine rings is 1. The van der Waals surface area contributed by atoms with E-state index in [1.54, 1.807) is 6.07 Å². The predicted octanol–water partition coefficient (Wildman–Crippen LogP) is 3.48. The van der Waals surface area contributed by atoms with Crippen LogP contribution in [0.5, 0.6) is 0 Å². The maximum atomic E-state index is 12.4. The Kier molecular flexibility index (Phi) is 6.45. The van der Waals surface area contributed by atoms with Crippen LogP contribution < -0.4 is 5.32 Å². The summed E-state index contributed by atoms with van der Waals surface area (Å²) in [7, 11) is 0. The van der Waals surface area contributed by atoms with Gasteiger partial charge in [0.25, 0.3) is 5.91 Å². The molecule has 4 rings (SSSR count). The largest absolute Gasteiger partial charge is 0.455 e. The zero-order valence-electron chi connectivity index (χ0n) is 16.6. The lowest BCUT2D eigenvalue weighted by Crippen LogP contribution is -2.40. The van der Waals surface area contributed by atoms with Gasteiger partial charge in [0.05, 0.1) is 6.54 Å². The van der Waals surface area contributed by atoms with Crippen LogP contribution >= 0.6 is 0 Å². The lowest BCUT2D eigenvalue weighted by atomic mass is 9.91. The first-order chi connectivity index (χ1) is 13.8. The molecule has 2 saturated heterocycles. The van der Waals surface area contributed by atoms with E-state index in [2.05, 4.69) is 45.4 Å². The minimum Gasteiger partial charge on any atom is -0.455 e. The normalized spacial score (nSPS) is 21.1. The molecule has 1 N–H and O–H groups in total. The van der Waals surface area contributed by atoms with Crippen molar-refractivity contribution in [2.24, 2.45) is 0 Å². The van der Waals surface area contributed by atoms with Gasteiger partial charge in [0.15, 0.2) is 5.76 Å². The number of hydrogen-bond acceptors (Lipinski definition) is 4. The fourth-order valence-electron chi connectivity index (χ4n) is 4.42. The van der Waals surface area contributed by atoms with Crippen molar-refractivity contribution in [3.8, 4) is 0 Å². The van der Waals surface area contributed by atoms with E-state index in [0.29, 0.717) is 18.2 Å². The summed E-state index contributed by atoms with van der Waals surface area (Å²) in [6, 6.07) is 14.5. The van der Waals surface area contributed by atoms with Crippen LogP contribution in [0.4, 0.5) is 0 Å². The maximum absolute atomic E-state index is 12.4. The second-order valence-electron chi connectivity index (χ2n) is 8.06. The Morgan fingerprint density at radius 3 is 2.61 bits per heavy atom. The Labute approximate surface area is 167 Å². The average molecular weight is 382 g/mol. The fraction of sp³-hybridized carbons (Fsp3) is 0.522. The van der Waals surface area contributed by atoms with Crippen molar-refractivity contribution >= 4 is 5.91 Å². The Bertz CT molecular complexity index is 752. The van der Waals surface area contributed by atoms with Crippen LogP contribution in [0.25, 0.3) is 0 Å². The van der Waals surface area contributed by atoms with Crippen LogP contribution in [0.15, 0.2) is 46.9 Å². The van der Waals surface area contributed by atoms with Gasteiger partial charge >= 0.3 is 0 Å². The average Bonchev–Trinajstić information content (AvgIpc) is 3.41. The van der Waals surface area contributed by atoms with Crippen molar-refractivity contribution < 1.29 is 9.21 Å². The zero-order chi connectivity index (χ0) is 19.2. The molecule has 0 aliphatic carbocycles. The standard InChI is InChI=1S/C23H31N3O2/c27-23(22-11-10-21(28-22)18-25-13-4-5-14-25)24-12-16-26-15-6-9-20(17-26)19-7-2-1-3-8-19/h1-3,7-8,10-11,20H,4-6,9,12-18H2,(H,24,27)/t20-/m1/s1. The second kappa shape index (κ2) is 9.39. The Balaban J connectivity index is 1.21. The summed E-state index contributed by atoms with van der Waals surface area (Å²) in [6.07, 6.45) is 4.98. The number of rotatable bonds is 7. The number of hydrogen-bond donors (Lipinski definition) is 1. The van der Waals surface area contributed by atoms with Crippen molar-refractivity contribution in [2.45, 2.75) is 38.1 Å². The van der Waals surface area contributed by atoms with Crippen molar-refractivity contribution in [1.29, 1.82) is 0 Å². The summed E-state index contributed by atoms with van der Waals surface area (Å²) >= 11 is 0. The first kappa shape index (κ1) is 19.2. The van der Waals surface area contributed by atoms with Crippen LogP contribution in [0.1, 0.15) is 53.5 Å². The van der Waals surface area contributed by atoms with Crippen molar-refractivity contribution in [1.82, 2.24) is 15.1 Å². The molecule has 150 valence electrons. The monoisotopic (exact) mass is 381 g/mol. The molecular weight excluding hydrogens is 350 g/mol. The molecular formula is C23H31N3O2. The van der Waals surface area contributed by atoms with E-state index >= 15 is 0 Å². The molecule has 1 atom stereocenters. The van der Waals surface area contributed by atoms with Crippen LogP contribution in [-0.2, 0) is 6.54 Å². The molecule has 2 fully saturated rings. The summed E-state index contributed by atoms with van der Waals surface area (Å²) in [5, 5.41) is 3.02. The summed E-state index contributed by atoms with van der Waals surface area (Å²) in [5.41, 5.74) is 1.43. The number of benzene rings is 1. The lowest BCUT2D eigenvalue weighted by molar-refractivity contribution is 0.0914. The molecule has 1 aromatic heterocycles. The molecule has 3 heterocycles. The molecule has 1 aromatic carbocycles. The molecule has 0 radical (unpaired) electrons. The van der Waals surface area contributed by atoms with Gasteiger partial charge in [-0.05, 0) is 68.9 Å². The van der Waals surface area contributed by atoms with Crippen molar-refractivity contribution in [2.75, 3.05) is 39.3 Å². The molecule has 2 aliphatic rings. The molecule has 1 amide bonds. The molecule has 28 heavy (non-hydrogen) atoms. The third-order valence-electron chi connectivity index (χ3n) is 5.95. The molecule has 0 saturated carbocycles. The molecule has 0 bridgehead atoms. The van der Waals surface area contributed by atoms with Crippen molar-refractivity contribution in [3.05, 3.63) is 59.5 Å². The lowest BCUT2D eigenvalue weighted by Gasteiger charge is -2.33. The number of likely N-dealkylation sites (tertiary alicyclic amines) is 2. The van der Waals surface area contributed by atoms with E-state index in [4.69, 9.17) is 4.42 Å². The van der Waals surface area contributed by atoms with Gasteiger partial charge in [0, 0.05) is 19.6 Å². The number of carbonyl (C=O) groups excluding carboxylic acids is 1. The second-order valence-corrected chi connectivity index (χ2v) is 8.06. The summed E-state index contributed by atoms with van der Waals surface area (Å²) in [6.45, 7) is 6.78. The molecule has 5 heteroatoms. The SMILES string of the molecule is O=C(NCCN1CCC[C@@H](c2ccccc2)C1)c1ccc(CN2CCCC2)o1. The van der Waals surface area contributed by atoms with Crippen LogP contribution in [0, 0.1) is 0 Å². The Morgan fingerprint density at radius 1 is 1.00 bits per heavy atom. The van der Waals surface area contributed by atoms with Crippen LogP contribution in [-0.4, -0.2) is 55.0 Å². The van der Waals surface area contributed by atoms with E-state index in [-0.39, 0.29) is 5.91 Å². The Hall–Kier alpha value is -2.11. The summed E-state index contributed by atoms with van der Waals surface area (Å²) in [5.74, 6) is 1.80.